The smallest absolute Gasteiger partial charge is 0.186 e. The third-order valence-electron chi connectivity index (χ3n) is 1.98. The van der Waals surface area contributed by atoms with Gasteiger partial charge in [0.1, 0.15) is 0 Å². The average molecular weight is 416 g/mol. The molecule has 0 aliphatic carbocycles. The van der Waals surface area contributed by atoms with Gasteiger partial charge in [0.05, 0.1) is 20.8 Å². The van der Waals surface area contributed by atoms with E-state index in [2.05, 4.69) is 20.9 Å². The molecule has 5 nitrogen and oxygen atoms in total. The molecular formula is C10H15BrIN3O2. The summed E-state index contributed by atoms with van der Waals surface area (Å²) in [5, 5.41) is 0. The number of benzene rings is 1. The summed E-state index contributed by atoms with van der Waals surface area (Å²) < 4.78 is 11.2. The maximum absolute atomic E-state index is 5.27. The number of ether oxygens (including phenoxy) is 2. The third kappa shape index (κ3) is 4.58. The minimum atomic E-state index is 0. The van der Waals surface area contributed by atoms with E-state index in [1.807, 2.05) is 12.1 Å². The number of rotatable bonds is 4. The van der Waals surface area contributed by atoms with Crippen molar-refractivity contribution in [2.75, 3.05) is 14.2 Å². The van der Waals surface area contributed by atoms with Gasteiger partial charge in [0.25, 0.3) is 0 Å². The second-order valence-electron chi connectivity index (χ2n) is 3.04. The topological polar surface area (TPSA) is 82.9 Å². The minimum absolute atomic E-state index is 0. The van der Waals surface area contributed by atoms with Crippen molar-refractivity contribution in [1.82, 2.24) is 0 Å². The fraction of sp³-hybridized carbons (Fsp3) is 0.300. The van der Waals surface area contributed by atoms with E-state index in [9.17, 15) is 0 Å². The van der Waals surface area contributed by atoms with Crippen LogP contribution in [-0.4, -0.2) is 20.2 Å². The highest BCUT2D eigenvalue weighted by molar-refractivity contribution is 14.0. The molecule has 1 aromatic carbocycles. The Labute approximate surface area is 126 Å². The highest BCUT2D eigenvalue weighted by Gasteiger charge is 2.08. The number of halogens is 2. The van der Waals surface area contributed by atoms with Crippen molar-refractivity contribution in [3.05, 3.63) is 22.2 Å². The van der Waals surface area contributed by atoms with Crippen LogP contribution < -0.4 is 20.9 Å². The van der Waals surface area contributed by atoms with Gasteiger partial charge in [-0.15, -0.1) is 24.0 Å². The van der Waals surface area contributed by atoms with E-state index in [0.29, 0.717) is 18.0 Å². The Hall–Kier alpha value is -0.700. The second kappa shape index (κ2) is 7.59. The van der Waals surface area contributed by atoms with Gasteiger partial charge < -0.3 is 20.9 Å². The van der Waals surface area contributed by atoms with Crippen molar-refractivity contribution >= 4 is 45.9 Å². The first-order valence-corrected chi connectivity index (χ1v) is 5.33. The van der Waals surface area contributed by atoms with Gasteiger partial charge in [0.2, 0.25) is 0 Å². The lowest BCUT2D eigenvalue weighted by atomic mass is 10.2. The summed E-state index contributed by atoms with van der Waals surface area (Å²) in [7, 11) is 3.16. The SMILES string of the molecule is COc1cc(Br)c(CN=C(N)N)cc1OC.I. The molecule has 0 atom stereocenters. The molecule has 17 heavy (non-hydrogen) atoms. The van der Waals surface area contributed by atoms with Gasteiger partial charge in [-0.3, -0.25) is 0 Å². The van der Waals surface area contributed by atoms with Gasteiger partial charge in [-0.2, -0.15) is 0 Å². The number of aliphatic imine (C=N–C) groups is 1. The molecule has 0 saturated heterocycles. The van der Waals surface area contributed by atoms with Crippen molar-refractivity contribution < 1.29 is 9.47 Å². The van der Waals surface area contributed by atoms with Crippen LogP contribution in [-0.2, 0) is 6.54 Å². The molecule has 0 unspecified atom stereocenters. The fourth-order valence-corrected chi connectivity index (χ4v) is 1.64. The van der Waals surface area contributed by atoms with Gasteiger partial charge in [-0.25, -0.2) is 4.99 Å². The number of nitrogens with two attached hydrogens (primary N) is 2. The molecule has 0 amide bonds. The van der Waals surface area contributed by atoms with Crippen LogP contribution in [0.5, 0.6) is 11.5 Å². The maximum atomic E-state index is 5.27. The van der Waals surface area contributed by atoms with Crippen LogP contribution in [0.25, 0.3) is 0 Å². The van der Waals surface area contributed by atoms with Gasteiger partial charge in [0.15, 0.2) is 17.5 Å². The summed E-state index contributed by atoms with van der Waals surface area (Å²) in [6.07, 6.45) is 0. The summed E-state index contributed by atoms with van der Waals surface area (Å²) in [6.45, 7) is 0.392. The molecule has 0 aromatic heterocycles. The van der Waals surface area contributed by atoms with Gasteiger partial charge >= 0.3 is 0 Å². The maximum Gasteiger partial charge on any atom is 0.186 e. The molecule has 0 heterocycles. The highest BCUT2D eigenvalue weighted by atomic mass is 127. The number of guanidine groups is 1. The van der Waals surface area contributed by atoms with Crippen LogP contribution in [0.15, 0.2) is 21.6 Å². The molecule has 0 spiro atoms. The average Bonchev–Trinajstić information content (AvgIpc) is 2.26. The zero-order valence-corrected chi connectivity index (χ0v) is 13.5. The summed E-state index contributed by atoms with van der Waals surface area (Å²) in [6, 6.07) is 3.64. The van der Waals surface area contributed by atoms with E-state index in [-0.39, 0.29) is 29.9 Å². The summed E-state index contributed by atoms with van der Waals surface area (Å²) in [5.74, 6) is 1.36. The lowest BCUT2D eigenvalue weighted by Crippen LogP contribution is -2.22. The highest BCUT2D eigenvalue weighted by Crippen LogP contribution is 2.33. The first-order valence-electron chi connectivity index (χ1n) is 4.54. The fourth-order valence-electron chi connectivity index (χ4n) is 1.19. The molecule has 1 rings (SSSR count). The van der Waals surface area contributed by atoms with Crippen molar-refractivity contribution in [3.8, 4) is 11.5 Å². The zero-order valence-electron chi connectivity index (χ0n) is 9.57. The van der Waals surface area contributed by atoms with Crippen LogP contribution in [0.4, 0.5) is 0 Å². The van der Waals surface area contributed by atoms with E-state index in [0.717, 1.165) is 10.0 Å². The van der Waals surface area contributed by atoms with Crippen molar-refractivity contribution in [1.29, 1.82) is 0 Å². The number of methoxy groups -OCH3 is 2. The quantitative estimate of drug-likeness (QED) is 0.446. The number of hydrogen-bond acceptors (Lipinski definition) is 3. The summed E-state index contributed by atoms with van der Waals surface area (Å²) >= 11 is 3.41. The van der Waals surface area contributed by atoms with Crippen LogP contribution in [0.2, 0.25) is 0 Å². The molecule has 1 aromatic rings. The Morgan fingerprint density at radius 1 is 1.24 bits per heavy atom. The van der Waals surface area contributed by atoms with Gasteiger partial charge in [-0.1, -0.05) is 15.9 Å². The Morgan fingerprint density at radius 2 is 1.76 bits per heavy atom. The third-order valence-corrected chi connectivity index (χ3v) is 2.72. The standard InChI is InChI=1S/C10H14BrN3O2.HI/c1-15-8-3-6(5-14-10(12)13)7(11)4-9(8)16-2;/h3-4H,5H2,1-2H3,(H4,12,13,14);1H. The largest absolute Gasteiger partial charge is 0.493 e. The zero-order chi connectivity index (χ0) is 12.1. The summed E-state index contributed by atoms with van der Waals surface area (Å²) in [5.41, 5.74) is 11.5. The first-order chi connectivity index (χ1) is 7.58. The Bertz CT molecular complexity index is 409. The normalized spacial score (nSPS) is 9.12. The van der Waals surface area contributed by atoms with Crippen LogP contribution >= 0.6 is 39.9 Å². The van der Waals surface area contributed by atoms with Crippen molar-refractivity contribution in [2.24, 2.45) is 16.5 Å². The van der Waals surface area contributed by atoms with E-state index in [1.165, 1.54) is 0 Å². The molecule has 0 radical (unpaired) electrons. The van der Waals surface area contributed by atoms with E-state index in [1.54, 1.807) is 14.2 Å². The minimum Gasteiger partial charge on any atom is -0.493 e. The Kier molecular flexibility index (Phi) is 7.28. The van der Waals surface area contributed by atoms with E-state index >= 15 is 0 Å². The molecular weight excluding hydrogens is 401 g/mol. The van der Waals surface area contributed by atoms with Crippen LogP contribution in [0.3, 0.4) is 0 Å². The monoisotopic (exact) mass is 415 g/mol. The number of nitrogens with zero attached hydrogens (tertiary/aromatic N) is 1. The second-order valence-corrected chi connectivity index (χ2v) is 3.89. The molecule has 0 fully saturated rings. The lowest BCUT2D eigenvalue weighted by Gasteiger charge is -2.10. The predicted octanol–water partition coefficient (Wildman–Crippen LogP) is 1.86. The Balaban J connectivity index is 0.00000256. The molecule has 7 heteroatoms. The van der Waals surface area contributed by atoms with Gasteiger partial charge in [0, 0.05) is 4.47 Å². The molecule has 0 saturated carbocycles. The molecule has 0 aliphatic rings. The van der Waals surface area contributed by atoms with Crippen LogP contribution in [0, 0.1) is 0 Å². The molecule has 96 valence electrons. The first kappa shape index (κ1) is 16.3. The van der Waals surface area contributed by atoms with Crippen molar-refractivity contribution in [2.45, 2.75) is 6.54 Å². The number of hydrogen-bond donors (Lipinski definition) is 2. The van der Waals surface area contributed by atoms with E-state index < -0.39 is 0 Å². The predicted molar refractivity (Wildman–Crippen MR) is 82.2 cm³/mol. The molecule has 4 N–H and O–H groups in total. The summed E-state index contributed by atoms with van der Waals surface area (Å²) in [4.78, 5) is 3.93. The van der Waals surface area contributed by atoms with Gasteiger partial charge in [-0.05, 0) is 17.7 Å². The lowest BCUT2D eigenvalue weighted by molar-refractivity contribution is 0.354. The Morgan fingerprint density at radius 3 is 2.24 bits per heavy atom. The molecule has 0 bridgehead atoms. The van der Waals surface area contributed by atoms with Crippen molar-refractivity contribution in [3.63, 3.8) is 0 Å². The van der Waals surface area contributed by atoms with E-state index in [4.69, 9.17) is 20.9 Å². The molecule has 0 aliphatic heterocycles. The van der Waals surface area contributed by atoms with Crippen LogP contribution in [0.1, 0.15) is 5.56 Å².